The lowest BCUT2D eigenvalue weighted by atomic mass is 9.96. The van der Waals surface area contributed by atoms with E-state index >= 15 is 0 Å². The van der Waals surface area contributed by atoms with E-state index in [4.69, 9.17) is 4.98 Å². The lowest BCUT2D eigenvalue weighted by Crippen LogP contribution is -2.46. The number of likely N-dealkylation sites (tertiary alicyclic amines) is 1. The van der Waals surface area contributed by atoms with E-state index in [-0.39, 0.29) is 0 Å². The molecule has 0 spiro atoms. The first kappa shape index (κ1) is 22.7. The van der Waals surface area contributed by atoms with Gasteiger partial charge in [-0.1, -0.05) is 63.3 Å². The predicted molar refractivity (Wildman–Crippen MR) is 130 cm³/mol. The lowest BCUT2D eigenvalue weighted by Gasteiger charge is -2.40. The van der Waals surface area contributed by atoms with Crippen LogP contribution in [0.1, 0.15) is 65.5 Å². The van der Waals surface area contributed by atoms with Crippen LogP contribution in [-0.4, -0.2) is 47.0 Å². The number of hydrogen-bond acceptors (Lipinski definition) is 3. The number of benzene rings is 1. The molecule has 2 heterocycles. The second-order valence-corrected chi connectivity index (χ2v) is 8.33. The molecule has 1 fully saturated rings. The molecule has 2 aromatic rings. The van der Waals surface area contributed by atoms with Crippen molar-refractivity contribution in [2.75, 3.05) is 26.2 Å². The Kier molecular flexibility index (Phi) is 8.24. The average Bonchev–Trinajstić information content (AvgIpc) is 2.80. The predicted octanol–water partition coefficient (Wildman–Crippen LogP) is 4.61. The molecule has 1 saturated heterocycles. The van der Waals surface area contributed by atoms with Gasteiger partial charge >= 0.3 is 0 Å². The Morgan fingerprint density at radius 3 is 2.33 bits per heavy atom. The fourth-order valence-corrected chi connectivity index (χ4v) is 4.92. The summed E-state index contributed by atoms with van der Waals surface area (Å²) in [6.07, 6.45) is 8.07. The van der Waals surface area contributed by atoms with E-state index < -0.39 is 0 Å². The molecular weight excluding hydrogens is 366 g/mol. The van der Waals surface area contributed by atoms with Gasteiger partial charge in [0.1, 0.15) is 0 Å². The topological polar surface area (TPSA) is 19.4 Å². The molecule has 1 aliphatic rings. The second kappa shape index (κ2) is 10.9. The van der Waals surface area contributed by atoms with E-state index in [1.807, 2.05) is 0 Å². The van der Waals surface area contributed by atoms with Crippen LogP contribution in [-0.2, 0) is 0 Å². The van der Waals surface area contributed by atoms with Crippen LogP contribution < -0.4 is 10.6 Å². The first-order valence-electron chi connectivity index (χ1n) is 11.8. The average molecular weight is 406 g/mol. The van der Waals surface area contributed by atoms with E-state index in [2.05, 4.69) is 93.0 Å². The summed E-state index contributed by atoms with van der Waals surface area (Å²) in [6, 6.07) is 14.1. The summed E-state index contributed by atoms with van der Waals surface area (Å²) in [5.41, 5.74) is 3.69. The summed E-state index contributed by atoms with van der Waals surface area (Å²) in [5.74, 6) is 0. The number of rotatable bonds is 7. The van der Waals surface area contributed by atoms with Gasteiger partial charge in [-0.2, -0.15) is 0 Å². The number of pyridine rings is 1. The molecule has 0 saturated carbocycles. The van der Waals surface area contributed by atoms with Crippen molar-refractivity contribution >= 4 is 12.2 Å². The molecule has 30 heavy (non-hydrogen) atoms. The van der Waals surface area contributed by atoms with Crippen LogP contribution >= 0.6 is 0 Å². The number of nitrogens with zero attached hydrogens (tertiary/aromatic N) is 3. The van der Waals surface area contributed by atoms with E-state index in [1.54, 1.807) is 0 Å². The van der Waals surface area contributed by atoms with Crippen molar-refractivity contribution in [3.8, 4) is 11.3 Å². The summed E-state index contributed by atoms with van der Waals surface area (Å²) in [7, 11) is 0. The first-order valence-corrected chi connectivity index (χ1v) is 11.8. The molecule has 0 N–H and O–H groups in total. The Hall–Kier alpha value is -1.97. The number of aromatic nitrogens is 1. The minimum absolute atomic E-state index is 0.393. The highest BCUT2D eigenvalue weighted by molar-refractivity contribution is 5.60. The Morgan fingerprint density at radius 1 is 1.10 bits per heavy atom. The van der Waals surface area contributed by atoms with Crippen LogP contribution in [0.4, 0.5) is 0 Å². The van der Waals surface area contributed by atoms with Crippen molar-refractivity contribution in [1.29, 1.82) is 0 Å². The molecule has 1 atom stereocenters. The van der Waals surface area contributed by atoms with Crippen LogP contribution in [0.15, 0.2) is 36.4 Å². The van der Waals surface area contributed by atoms with Crippen molar-refractivity contribution in [2.45, 2.75) is 66.0 Å². The SMILES string of the molecule is C/C=c1/nc(-c2ccccc2)cc(C(C)N2CCC(N(CC)CC)CC2)/c1=C/CC. The van der Waals surface area contributed by atoms with Crippen molar-refractivity contribution < 1.29 is 0 Å². The van der Waals surface area contributed by atoms with Gasteiger partial charge in [-0.15, -0.1) is 0 Å². The van der Waals surface area contributed by atoms with Gasteiger partial charge in [-0.3, -0.25) is 4.90 Å². The fourth-order valence-electron chi connectivity index (χ4n) is 4.92. The summed E-state index contributed by atoms with van der Waals surface area (Å²) >= 11 is 0. The molecule has 1 unspecified atom stereocenters. The first-order chi connectivity index (χ1) is 14.6. The summed E-state index contributed by atoms with van der Waals surface area (Å²) < 4.78 is 0. The van der Waals surface area contributed by atoms with Gasteiger partial charge in [0.25, 0.3) is 0 Å². The molecule has 0 radical (unpaired) electrons. The Morgan fingerprint density at radius 2 is 1.77 bits per heavy atom. The minimum Gasteiger partial charge on any atom is -0.301 e. The molecule has 1 aromatic carbocycles. The van der Waals surface area contributed by atoms with Crippen LogP contribution in [0.25, 0.3) is 23.4 Å². The van der Waals surface area contributed by atoms with Gasteiger partial charge in [-0.25, -0.2) is 4.98 Å². The van der Waals surface area contributed by atoms with Crippen molar-refractivity contribution in [2.24, 2.45) is 0 Å². The van der Waals surface area contributed by atoms with Gasteiger partial charge in [0.15, 0.2) is 0 Å². The molecule has 3 nitrogen and oxygen atoms in total. The van der Waals surface area contributed by atoms with Crippen LogP contribution in [0.5, 0.6) is 0 Å². The molecule has 0 amide bonds. The molecule has 1 aliphatic heterocycles. The van der Waals surface area contributed by atoms with Crippen LogP contribution in [0.2, 0.25) is 0 Å². The molecule has 1 aromatic heterocycles. The smallest absolute Gasteiger partial charge is 0.0712 e. The fraction of sp³-hybridized carbons (Fsp3) is 0.519. The summed E-state index contributed by atoms with van der Waals surface area (Å²) in [5, 5.41) is 2.43. The number of hydrogen-bond donors (Lipinski definition) is 0. The highest BCUT2D eigenvalue weighted by atomic mass is 15.2. The maximum atomic E-state index is 5.01. The van der Waals surface area contributed by atoms with Crippen molar-refractivity contribution in [3.05, 3.63) is 52.5 Å². The summed E-state index contributed by atoms with van der Waals surface area (Å²) in [4.78, 5) is 10.3. The van der Waals surface area contributed by atoms with E-state index in [0.717, 1.165) is 36.6 Å². The zero-order chi connectivity index (χ0) is 21.5. The van der Waals surface area contributed by atoms with E-state index in [0.29, 0.717) is 6.04 Å². The number of piperidine rings is 1. The third-order valence-corrected chi connectivity index (χ3v) is 6.70. The third kappa shape index (κ3) is 5.01. The normalized spacial score (nSPS) is 18.3. The zero-order valence-corrected chi connectivity index (χ0v) is 19.6. The van der Waals surface area contributed by atoms with E-state index in [9.17, 15) is 0 Å². The Bertz CT molecular complexity index is 907. The maximum Gasteiger partial charge on any atom is 0.0712 e. The van der Waals surface area contributed by atoms with Gasteiger partial charge in [0, 0.05) is 36.0 Å². The van der Waals surface area contributed by atoms with Gasteiger partial charge in [0.2, 0.25) is 0 Å². The van der Waals surface area contributed by atoms with Gasteiger partial charge < -0.3 is 4.90 Å². The molecule has 3 rings (SSSR count). The summed E-state index contributed by atoms with van der Waals surface area (Å²) in [6.45, 7) is 15.9. The highest BCUT2D eigenvalue weighted by Gasteiger charge is 2.26. The largest absolute Gasteiger partial charge is 0.301 e. The Balaban J connectivity index is 1.95. The minimum atomic E-state index is 0.393. The molecule has 162 valence electrons. The van der Waals surface area contributed by atoms with Crippen LogP contribution in [0, 0.1) is 0 Å². The molecular formula is C27H39N3. The third-order valence-electron chi connectivity index (χ3n) is 6.70. The van der Waals surface area contributed by atoms with E-state index in [1.165, 1.54) is 42.3 Å². The van der Waals surface area contributed by atoms with Crippen LogP contribution in [0.3, 0.4) is 0 Å². The zero-order valence-electron chi connectivity index (χ0n) is 19.6. The van der Waals surface area contributed by atoms with Gasteiger partial charge in [-0.05, 0) is 57.8 Å². The monoisotopic (exact) mass is 405 g/mol. The van der Waals surface area contributed by atoms with Gasteiger partial charge in [0.05, 0.1) is 11.0 Å². The second-order valence-electron chi connectivity index (χ2n) is 8.33. The lowest BCUT2D eigenvalue weighted by molar-refractivity contribution is 0.0936. The molecule has 0 aliphatic carbocycles. The van der Waals surface area contributed by atoms with Crippen molar-refractivity contribution in [1.82, 2.24) is 14.8 Å². The van der Waals surface area contributed by atoms with Crippen molar-refractivity contribution in [3.63, 3.8) is 0 Å². The molecule has 0 bridgehead atoms. The quantitative estimate of drug-likeness (QED) is 0.671. The standard InChI is InChI=1S/C27H39N3/c1-6-13-24-25(20-27(28-26(24)7-2)22-14-11-10-12-15-22)21(5)30-18-16-23(17-19-30)29(8-3)9-4/h7,10-15,20-21,23H,6,8-9,16-19H2,1-5H3/b24-13-,26-7+. The maximum absolute atomic E-state index is 5.01. The Labute approximate surface area is 183 Å². The highest BCUT2D eigenvalue weighted by Crippen LogP contribution is 2.26. The molecule has 3 heteroatoms.